The largest absolute Gasteiger partial charge is 0.343 e. The zero-order valence-corrected chi connectivity index (χ0v) is 18.8. The molecule has 0 bridgehead atoms. The van der Waals surface area contributed by atoms with Gasteiger partial charge in [-0.15, -0.1) is 0 Å². The number of aromatic nitrogens is 1. The number of halogens is 2. The van der Waals surface area contributed by atoms with Crippen LogP contribution < -0.4 is 10.6 Å². The van der Waals surface area contributed by atoms with Crippen molar-refractivity contribution in [2.24, 2.45) is 5.92 Å². The van der Waals surface area contributed by atoms with Crippen molar-refractivity contribution in [2.45, 2.75) is 50.5 Å². The average Bonchev–Trinajstić information content (AvgIpc) is 3.11. The molecule has 1 aromatic heterocycles. The highest BCUT2D eigenvalue weighted by atomic mass is 35.5. The van der Waals surface area contributed by atoms with Crippen LogP contribution in [-0.4, -0.2) is 45.7 Å². The van der Waals surface area contributed by atoms with Gasteiger partial charge in [0.2, 0.25) is 11.8 Å². The maximum atomic E-state index is 13.6. The smallest absolute Gasteiger partial charge is 0.255 e. The predicted molar refractivity (Wildman–Crippen MR) is 120 cm³/mol. The van der Waals surface area contributed by atoms with Crippen LogP contribution in [0.25, 0.3) is 0 Å². The van der Waals surface area contributed by atoms with Crippen LogP contribution in [0.3, 0.4) is 0 Å². The van der Waals surface area contributed by atoms with E-state index in [2.05, 4.69) is 15.6 Å². The van der Waals surface area contributed by atoms with Gasteiger partial charge in [0, 0.05) is 30.3 Å². The third-order valence-corrected chi connectivity index (χ3v) is 6.95. The molecule has 0 spiro atoms. The lowest BCUT2D eigenvalue weighted by Gasteiger charge is -2.36. The molecule has 3 heterocycles. The molecule has 1 aliphatic carbocycles. The summed E-state index contributed by atoms with van der Waals surface area (Å²) < 4.78 is 13.6. The molecule has 1 saturated carbocycles. The Morgan fingerprint density at radius 3 is 2.68 bits per heavy atom. The molecule has 2 aromatic rings. The molecule has 2 atom stereocenters. The topological polar surface area (TPSA) is 108 Å². The number of piperidine rings is 1. The molecule has 3 aliphatic rings. The molecule has 1 unspecified atom stereocenters. The Morgan fingerprint density at radius 2 is 2.00 bits per heavy atom. The van der Waals surface area contributed by atoms with Gasteiger partial charge in [-0.05, 0) is 61.1 Å². The van der Waals surface area contributed by atoms with Gasteiger partial charge in [0.05, 0.1) is 16.8 Å². The first kappa shape index (κ1) is 22.5. The standard InChI is InChI=1S/C24H22ClFN4O4/c25-15-2-4-18(27-10-15)21(13-8-16(26)9-13)29-22(32)12-1-3-17-14(7-12)11-30(24(17)34)19-5-6-20(31)28-23(19)33/h1-4,7,10,13,16,19,21H,5-6,8-9,11H2,(H,29,32)(H,28,31,33)/t13?,16?,19?,21-/m0/s1. The summed E-state index contributed by atoms with van der Waals surface area (Å²) in [6, 6.07) is 6.99. The Hall–Kier alpha value is -3.33. The summed E-state index contributed by atoms with van der Waals surface area (Å²) in [6.07, 6.45) is 1.73. The van der Waals surface area contributed by atoms with Crippen LogP contribution in [0, 0.1) is 5.92 Å². The first-order valence-electron chi connectivity index (χ1n) is 11.1. The number of carbonyl (C=O) groups excluding carboxylic acids is 4. The van der Waals surface area contributed by atoms with Crippen molar-refractivity contribution < 1.29 is 23.6 Å². The molecule has 1 aromatic carbocycles. The molecule has 10 heteroatoms. The van der Waals surface area contributed by atoms with Crippen molar-refractivity contribution in [1.82, 2.24) is 20.5 Å². The maximum absolute atomic E-state index is 13.6. The zero-order valence-electron chi connectivity index (χ0n) is 18.1. The maximum Gasteiger partial charge on any atom is 0.255 e. The van der Waals surface area contributed by atoms with Crippen LogP contribution in [0.1, 0.15) is 63.7 Å². The van der Waals surface area contributed by atoms with Crippen molar-refractivity contribution in [3.8, 4) is 0 Å². The number of imide groups is 1. The van der Waals surface area contributed by atoms with Gasteiger partial charge in [0.1, 0.15) is 12.2 Å². The SMILES string of the molecule is O=C1CCC(N2Cc3cc(C(=O)N[C@H](c4ccc(Cl)cn4)C4CC(F)C4)ccc3C2=O)C(=O)N1. The summed E-state index contributed by atoms with van der Waals surface area (Å²) in [6.45, 7) is 0.176. The molecule has 5 rings (SSSR count). The summed E-state index contributed by atoms with van der Waals surface area (Å²) in [7, 11) is 0. The van der Waals surface area contributed by atoms with Crippen LogP contribution in [0.4, 0.5) is 4.39 Å². The number of amides is 4. The van der Waals surface area contributed by atoms with Gasteiger partial charge < -0.3 is 10.2 Å². The fourth-order valence-electron chi connectivity index (χ4n) is 4.80. The second-order valence-electron chi connectivity index (χ2n) is 8.95. The first-order chi connectivity index (χ1) is 16.3. The van der Waals surface area contributed by atoms with E-state index in [1.54, 1.807) is 30.3 Å². The summed E-state index contributed by atoms with van der Waals surface area (Å²) in [5.74, 6) is -1.58. The van der Waals surface area contributed by atoms with E-state index in [4.69, 9.17) is 11.6 Å². The van der Waals surface area contributed by atoms with Gasteiger partial charge in [-0.3, -0.25) is 29.5 Å². The molecule has 2 N–H and O–H groups in total. The lowest BCUT2D eigenvalue weighted by Crippen LogP contribution is -2.52. The molecule has 2 fully saturated rings. The molecule has 8 nitrogen and oxygen atoms in total. The van der Waals surface area contributed by atoms with Crippen molar-refractivity contribution in [1.29, 1.82) is 0 Å². The van der Waals surface area contributed by atoms with Gasteiger partial charge in [0.15, 0.2) is 0 Å². The number of hydrogen-bond acceptors (Lipinski definition) is 5. The second-order valence-corrected chi connectivity index (χ2v) is 9.39. The van der Waals surface area contributed by atoms with Crippen LogP contribution in [0.2, 0.25) is 5.02 Å². The van der Waals surface area contributed by atoms with E-state index in [-0.39, 0.29) is 43.0 Å². The Bertz CT molecular complexity index is 1180. The van der Waals surface area contributed by atoms with E-state index < -0.39 is 24.2 Å². The van der Waals surface area contributed by atoms with Gasteiger partial charge in [-0.2, -0.15) is 0 Å². The van der Waals surface area contributed by atoms with Crippen molar-refractivity contribution in [3.05, 3.63) is 63.9 Å². The van der Waals surface area contributed by atoms with E-state index in [1.165, 1.54) is 11.1 Å². The number of carbonyl (C=O) groups is 4. The summed E-state index contributed by atoms with van der Waals surface area (Å²) in [5, 5.41) is 5.71. The monoisotopic (exact) mass is 484 g/mol. The van der Waals surface area contributed by atoms with Crippen molar-refractivity contribution in [2.75, 3.05) is 0 Å². The highest BCUT2D eigenvalue weighted by Crippen LogP contribution is 2.39. The number of rotatable bonds is 5. The molecular weight excluding hydrogens is 463 g/mol. The third-order valence-electron chi connectivity index (χ3n) is 6.73. The molecule has 2 aliphatic heterocycles. The lowest BCUT2D eigenvalue weighted by molar-refractivity contribution is -0.136. The lowest BCUT2D eigenvalue weighted by atomic mass is 9.77. The molecular formula is C24H22ClFN4O4. The van der Waals surface area contributed by atoms with Gasteiger partial charge >= 0.3 is 0 Å². The van der Waals surface area contributed by atoms with Crippen LogP contribution in [0.15, 0.2) is 36.5 Å². The summed E-state index contributed by atoms with van der Waals surface area (Å²) in [4.78, 5) is 55.4. The number of nitrogens with zero attached hydrogens (tertiary/aromatic N) is 2. The quantitative estimate of drug-likeness (QED) is 0.634. The Labute approximate surface area is 199 Å². The van der Waals surface area contributed by atoms with Crippen LogP contribution in [-0.2, 0) is 16.1 Å². The number of fused-ring (bicyclic) bond motifs is 1. The highest BCUT2D eigenvalue weighted by molar-refractivity contribution is 6.30. The van der Waals surface area contributed by atoms with Crippen molar-refractivity contribution >= 4 is 35.2 Å². The Kier molecular flexibility index (Phi) is 5.81. The number of nitrogens with one attached hydrogen (secondary N) is 2. The van der Waals surface area contributed by atoms with Crippen molar-refractivity contribution in [3.63, 3.8) is 0 Å². The highest BCUT2D eigenvalue weighted by Gasteiger charge is 2.40. The minimum atomic E-state index is -0.888. The summed E-state index contributed by atoms with van der Waals surface area (Å²) >= 11 is 5.94. The minimum Gasteiger partial charge on any atom is -0.343 e. The fraction of sp³-hybridized carbons (Fsp3) is 0.375. The minimum absolute atomic E-state index is 0.0772. The summed E-state index contributed by atoms with van der Waals surface area (Å²) in [5.41, 5.74) is 2.02. The number of alkyl halides is 1. The van der Waals surface area contributed by atoms with E-state index in [1.807, 2.05) is 0 Å². The third kappa shape index (κ3) is 4.16. The predicted octanol–water partition coefficient (Wildman–Crippen LogP) is 2.72. The van der Waals surface area contributed by atoms with Crippen LogP contribution >= 0.6 is 11.6 Å². The van der Waals surface area contributed by atoms with Gasteiger partial charge in [-0.1, -0.05) is 11.6 Å². The van der Waals surface area contributed by atoms with E-state index >= 15 is 0 Å². The number of pyridine rings is 1. The van der Waals surface area contributed by atoms with E-state index in [0.717, 1.165) is 0 Å². The first-order valence-corrected chi connectivity index (χ1v) is 11.5. The Balaban J connectivity index is 1.34. The molecule has 176 valence electrons. The zero-order chi connectivity index (χ0) is 24.0. The van der Waals surface area contributed by atoms with Gasteiger partial charge in [-0.25, -0.2) is 4.39 Å². The second kappa shape index (κ2) is 8.79. The van der Waals surface area contributed by atoms with Crippen LogP contribution in [0.5, 0.6) is 0 Å². The normalized spacial score (nSPS) is 24.8. The number of hydrogen-bond donors (Lipinski definition) is 2. The molecule has 34 heavy (non-hydrogen) atoms. The molecule has 4 amide bonds. The number of benzene rings is 1. The molecule has 0 radical (unpaired) electrons. The van der Waals surface area contributed by atoms with E-state index in [0.29, 0.717) is 40.2 Å². The molecule has 1 saturated heterocycles. The fourth-order valence-corrected chi connectivity index (χ4v) is 4.92. The Morgan fingerprint density at radius 1 is 1.21 bits per heavy atom. The van der Waals surface area contributed by atoms with Gasteiger partial charge in [0.25, 0.3) is 11.8 Å². The average molecular weight is 485 g/mol. The van der Waals surface area contributed by atoms with E-state index in [9.17, 15) is 23.6 Å².